The Balaban J connectivity index is 1.50. The van der Waals surface area contributed by atoms with Crippen LogP contribution < -0.4 is 5.32 Å². The molecule has 2 N–H and O–H groups in total. The van der Waals surface area contributed by atoms with E-state index in [1.807, 2.05) is 10.6 Å². The van der Waals surface area contributed by atoms with Crippen LogP contribution in [0.15, 0.2) is 59.9 Å². The topological polar surface area (TPSA) is 74.9 Å². The lowest BCUT2D eigenvalue weighted by atomic mass is 9.86. The van der Waals surface area contributed by atoms with Crippen molar-refractivity contribution in [3.05, 3.63) is 66.8 Å². The molecule has 7 nitrogen and oxygen atoms in total. The van der Waals surface area contributed by atoms with Gasteiger partial charge >= 0.3 is 0 Å². The lowest BCUT2D eigenvalue weighted by Gasteiger charge is -2.40. The van der Waals surface area contributed by atoms with Crippen LogP contribution in [0.3, 0.4) is 0 Å². The van der Waals surface area contributed by atoms with Gasteiger partial charge in [0.15, 0.2) is 0 Å². The second-order valence-electron chi connectivity index (χ2n) is 7.68. The van der Waals surface area contributed by atoms with Gasteiger partial charge in [-0.05, 0) is 42.3 Å². The molecule has 29 heavy (non-hydrogen) atoms. The van der Waals surface area contributed by atoms with Gasteiger partial charge in [0.2, 0.25) is 0 Å². The van der Waals surface area contributed by atoms with Gasteiger partial charge < -0.3 is 14.7 Å². The van der Waals surface area contributed by atoms with Crippen molar-refractivity contribution in [2.45, 2.75) is 31.8 Å². The van der Waals surface area contributed by atoms with Crippen molar-refractivity contribution in [3.8, 4) is 5.69 Å². The Morgan fingerprint density at radius 2 is 2.14 bits per heavy atom. The maximum absolute atomic E-state index is 5.63. The molecule has 4 heterocycles. The Morgan fingerprint density at radius 1 is 1.24 bits per heavy atom. The van der Waals surface area contributed by atoms with E-state index in [-0.39, 0.29) is 0 Å². The first-order valence-electron chi connectivity index (χ1n) is 10.3. The highest BCUT2D eigenvalue weighted by Crippen LogP contribution is 2.34. The number of benzene rings is 1. The standard InChI is InChI=1S/C22H26N6O/c1-2-18(22-12-23-7-8-27(22)13-17-4-3-9-29-17)20-11-24-21-6-5-16(10-19(20)21)28-14-25-26-15-28/h3-6,9-11,14-15,18,22-24H,2,7-8,12-13H2,1H3. The summed E-state index contributed by atoms with van der Waals surface area (Å²) < 4.78 is 7.58. The minimum absolute atomic E-state index is 0.413. The number of rotatable bonds is 6. The molecule has 4 aromatic rings. The van der Waals surface area contributed by atoms with Crippen LogP contribution in [0.25, 0.3) is 16.6 Å². The normalized spacial score (nSPS) is 19.0. The van der Waals surface area contributed by atoms with Crippen molar-refractivity contribution < 1.29 is 4.42 Å². The summed E-state index contributed by atoms with van der Waals surface area (Å²) in [5.41, 5.74) is 3.61. The molecule has 2 atom stereocenters. The zero-order chi connectivity index (χ0) is 19.6. The Bertz CT molecular complexity index is 1050. The monoisotopic (exact) mass is 390 g/mol. The van der Waals surface area contributed by atoms with Crippen molar-refractivity contribution in [2.24, 2.45) is 0 Å². The smallest absolute Gasteiger partial charge is 0.123 e. The number of aromatic nitrogens is 4. The first-order valence-corrected chi connectivity index (χ1v) is 10.3. The highest BCUT2D eigenvalue weighted by Gasteiger charge is 2.31. The van der Waals surface area contributed by atoms with Crippen LogP contribution >= 0.6 is 0 Å². The Kier molecular flexibility index (Phi) is 4.91. The molecule has 1 saturated heterocycles. The van der Waals surface area contributed by atoms with Crippen LogP contribution in [0.1, 0.15) is 30.6 Å². The predicted molar refractivity (Wildman–Crippen MR) is 112 cm³/mol. The van der Waals surface area contributed by atoms with Crippen LogP contribution in [0.2, 0.25) is 0 Å². The molecule has 1 aliphatic heterocycles. The molecule has 0 amide bonds. The number of furan rings is 1. The van der Waals surface area contributed by atoms with Gasteiger partial charge in [-0.15, -0.1) is 10.2 Å². The lowest BCUT2D eigenvalue weighted by Crippen LogP contribution is -2.53. The maximum atomic E-state index is 5.63. The summed E-state index contributed by atoms with van der Waals surface area (Å²) in [5, 5.41) is 12.8. The van der Waals surface area contributed by atoms with E-state index in [0.717, 1.165) is 49.6 Å². The second kappa shape index (κ2) is 7.85. The van der Waals surface area contributed by atoms with Gasteiger partial charge in [0, 0.05) is 54.4 Å². The number of nitrogens with zero attached hydrogens (tertiary/aromatic N) is 4. The summed E-state index contributed by atoms with van der Waals surface area (Å²) in [6, 6.07) is 10.9. The zero-order valence-corrected chi connectivity index (χ0v) is 16.6. The van der Waals surface area contributed by atoms with Gasteiger partial charge in [0.25, 0.3) is 0 Å². The quantitative estimate of drug-likeness (QED) is 0.528. The molecule has 0 spiro atoms. The molecule has 0 radical (unpaired) electrons. The lowest BCUT2D eigenvalue weighted by molar-refractivity contribution is 0.119. The Hall–Kier alpha value is -2.90. The molecule has 1 fully saturated rings. The van der Waals surface area contributed by atoms with E-state index < -0.39 is 0 Å². The van der Waals surface area contributed by atoms with Crippen molar-refractivity contribution in [1.82, 2.24) is 30.0 Å². The molecule has 5 rings (SSSR count). The fourth-order valence-corrected chi connectivity index (χ4v) is 4.59. The summed E-state index contributed by atoms with van der Waals surface area (Å²) in [7, 11) is 0. The number of hydrogen-bond donors (Lipinski definition) is 2. The Morgan fingerprint density at radius 3 is 2.93 bits per heavy atom. The van der Waals surface area contributed by atoms with E-state index >= 15 is 0 Å². The third-order valence-corrected chi connectivity index (χ3v) is 6.06. The average molecular weight is 390 g/mol. The van der Waals surface area contributed by atoms with Gasteiger partial charge in [-0.1, -0.05) is 6.92 Å². The number of aromatic amines is 1. The van der Waals surface area contributed by atoms with E-state index in [0.29, 0.717) is 12.0 Å². The van der Waals surface area contributed by atoms with Crippen molar-refractivity contribution >= 4 is 10.9 Å². The summed E-state index contributed by atoms with van der Waals surface area (Å²) in [6.45, 7) is 6.16. The third kappa shape index (κ3) is 3.47. The minimum Gasteiger partial charge on any atom is -0.468 e. The van der Waals surface area contributed by atoms with E-state index in [1.54, 1.807) is 18.9 Å². The fourth-order valence-electron chi connectivity index (χ4n) is 4.59. The first kappa shape index (κ1) is 18.1. The molecule has 0 saturated carbocycles. The minimum atomic E-state index is 0.413. The average Bonchev–Trinajstić information content (AvgIpc) is 3.52. The molecule has 1 aromatic carbocycles. The van der Waals surface area contributed by atoms with Crippen LogP contribution in [-0.4, -0.2) is 50.3 Å². The Labute approximate surface area is 169 Å². The van der Waals surface area contributed by atoms with Gasteiger partial charge in [-0.3, -0.25) is 9.47 Å². The van der Waals surface area contributed by atoms with E-state index in [2.05, 4.69) is 62.8 Å². The van der Waals surface area contributed by atoms with Crippen LogP contribution in [0.5, 0.6) is 0 Å². The first-order chi connectivity index (χ1) is 14.3. The molecule has 0 aliphatic carbocycles. The largest absolute Gasteiger partial charge is 0.468 e. The molecule has 3 aromatic heterocycles. The van der Waals surface area contributed by atoms with E-state index in [1.165, 1.54) is 10.9 Å². The van der Waals surface area contributed by atoms with Crippen LogP contribution in [0.4, 0.5) is 0 Å². The number of nitrogens with one attached hydrogen (secondary N) is 2. The van der Waals surface area contributed by atoms with Gasteiger partial charge in [-0.2, -0.15) is 0 Å². The van der Waals surface area contributed by atoms with Crippen LogP contribution in [0, 0.1) is 0 Å². The molecular weight excluding hydrogens is 364 g/mol. The number of hydrogen-bond acceptors (Lipinski definition) is 5. The van der Waals surface area contributed by atoms with Gasteiger partial charge in [0.1, 0.15) is 18.4 Å². The zero-order valence-electron chi connectivity index (χ0n) is 16.6. The summed E-state index contributed by atoms with van der Waals surface area (Å²) >= 11 is 0. The van der Waals surface area contributed by atoms with Crippen LogP contribution in [-0.2, 0) is 6.54 Å². The summed E-state index contributed by atoms with van der Waals surface area (Å²) in [4.78, 5) is 6.04. The van der Waals surface area contributed by atoms with Gasteiger partial charge in [0.05, 0.1) is 12.8 Å². The highest BCUT2D eigenvalue weighted by atomic mass is 16.3. The van der Waals surface area contributed by atoms with Crippen molar-refractivity contribution in [2.75, 3.05) is 19.6 Å². The summed E-state index contributed by atoms with van der Waals surface area (Å²) in [6.07, 6.45) is 8.50. The second-order valence-corrected chi connectivity index (χ2v) is 7.68. The highest BCUT2D eigenvalue weighted by molar-refractivity contribution is 5.85. The van der Waals surface area contributed by atoms with Gasteiger partial charge in [-0.25, -0.2) is 0 Å². The van der Waals surface area contributed by atoms with E-state index in [9.17, 15) is 0 Å². The number of piperazine rings is 1. The third-order valence-electron chi connectivity index (χ3n) is 6.06. The molecular formula is C22H26N6O. The molecule has 2 unspecified atom stereocenters. The summed E-state index contributed by atoms with van der Waals surface area (Å²) in [5.74, 6) is 1.45. The molecule has 150 valence electrons. The maximum Gasteiger partial charge on any atom is 0.123 e. The van der Waals surface area contributed by atoms with Crippen molar-refractivity contribution in [1.29, 1.82) is 0 Å². The SMILES string of the molecule is CCC(c1c[nH]c2ccc(-n3cnnc3)cc12)C1CNCCN1Cc1ccco1. The number of H-pyrrole nitrogens is 1. The molecule has 0 bridgehead atoms. The predicted octanol–water partition coefficient (Wildman–Crippen LogP) is 3.31. The van der Waals surface area contributed by atoms with Crippen molar-refractivity contribution in [3.63, 3.8) is 0 Å². The molecule has 7 heteroatoms. The van der Waals surface area contributed by atoms with E-state index in [4.69, 9.17) is 4.42 Å². The molecule has 1 aliphatic rings. The number of fused-ring (bicyclic) bond motifs is 1. The fraction of sp³-hybridized carbons (Fsp3) is 0.364.